The predicted octanol–water partition coefficient (Wildman–Crippen LogP) is 5.88. The van der Waals surface area contributed by atoms with Gasteiger partial charge in [0, 0.05) is 22.4 Å². The van der Waals surface area contributed by atoms with Crippen molar-refractivity contribution in [1.82, 2.24) is 9.55 Å². The molecule has 0 amide bonds. The zero-order valence-corrected chi connectivity index (χ0v) is 16.9. The lowest BCUT2D eigenvalue weighted by atomic mass is 10.1. The van der Waals surface area contributed by atoms with Crippen LogP contribution < -0.4 is 5.19 Å². The maximum atomic E-state index is 5.01. The molecule has 3 aromatic carbocycles. The van der Waals surface area contributed by atoms with Gasteiger partial charge in [-0.3, -0.25) is 4.57 Å². The summed E-state index contributed by atoms with van der Waals surface area (Å²) in [5.41, 5.74) is 2.41. The molecule has 2 aromatic heterocycles. The Bertz CT molecular complexity index is 1260. The predicted molar refractivity (Wildman–Crippen MR) is 119 cm³/mol. The summed E-state index contributed by atoms with van der Waals surface area (Å²) >= 11 is 0. The van der Waals surface area contributed by atoms with E-state index in [1.165, 1.54) is 37.8 Å². The van der Waals surface area contributed by atoms with Crippen LogP contribution in [0.3, 0.4) is 0 Å². The van der Waals surface area contributed by atoms with Gasteiger partial charge in [0.05, 0.1) is 19.1 Å². The van der Waals surface area contributed by atoms with Crippen molar-refractivity contribution in [3.63, 3.8) is 0 Å². The van der Waals surface area contributed by atoms with Gasteiger partial charge in [-0.25, -0.2) is 4.98 Å². The second kappa shape index (κ2) is 5.79. The van der Waals surface area contributed by atoms with Gasteiger partial charge < -0.3 is 0 Å². The van der Waals surface area contributed by atoms with Gasteiger partial charge in [-0.2, -0.15) is 0 Å². The summed E-state index contributed by atoms with van der Waals surface area (Å²) in [6.07, 6.45) is 2.12. The summed E-state index contributed by atoms with van der Waals surface area (Å²) in [6.45, 7) is 7.16. The van der Waals surface area contributed by atoms with E-state index in [0.717, 1.165) is 5.82 Å². The van der Waals surface area contributed by atoms with Gasteiger partial charge in [0.2, 0.25) is 0 Å². The number of hydrogen-bond acceptors (Lipinski definition) is 1. The second-order valence-electron chi connectivity index (χ2n) is 8.16. The van der Waals surface area contributed by atoms with Gasteiger partial charge >= 0.3 is 0 Å². The van der Waals surface area contributed by atoms with Gasteiger partial charge in [0.15, 0.2) is 0 Å². The molecule has 0 saturated heterocycles. The fourth-order valence-corrected chi connectivity index (χ4v) is 5.58. The van der Waals surface area contributed by atoms with Crippen molar-refractivity contribution in [3.8, 4) is 5.82 Å². The van der Waals surface area contributed by atoms with Crippen LogP contribution in [-0.4, -0.2) is 17.6 Å². The summed E-state index contributed by atoms with van der Waals surface area (Å²) in [5.74, 6) is 1.02. The fourth-order valence-electron chi connectivity index (χ4n) is 4.10. The molecule has 0 fully saturated rings. The molecule has 2 nitrogen and oxygen atoms in total. The molecule has 0 bridgehead atoms. The standard InChI is InChI=1S/C24H22N2Si/c1-27(2,3)23-16-25-24(20-13-5-4-12-19(20)23)26-21-14-8-6-10-17(21)18-11-7-9-15-22(18)26/h4-16H,1-3H3. The maximum Gasteiger partial charge on any atom is 0.145 e. The van der Waals surface area contributed by atoms with E-state index in [0.29, 0.717) is 0 Å². The minimum absolute atomic E-state index is 1.02. The van der Waals surface area contributed by atoms with Crippen LogP contribution in [0.15, 0.2) is 79.0 Å². The number of fused-ring (bicyclic) bond motifs is 4. The molecule has 3 heteroatoms. The Morgan fingerprint density at radius 2 is 1.11 bits per heavy atom. The molecule has 132 valence electrons. The van der Waals surface area contributed by atoms with Crippen molar-refractivity contribution in [2.24, 2.45) is 0 Å². The smallest absolute Gasteiger partial charge is 0.145 e. The van der Waals surface area contributed by atoms with Crippen molar-refractivity contribution in [1.29, 1.82) is 0 Å². The van der Waals surface area contributed by atoms with Gasteiger partial charge in [-0.15, -0.1) is 0 Å². The van der Waals surface area contributed by atoms with Gasteiger partial charge in [-0.05, 0) is 22.7 Å². The molecule has 2 heterocycles. The average molecular weight is 367 g/mol. The van der Waals surface area contributed by atoms with Crippen LogP contribution >= 0.6 is 0 Å². The van der Waals surface area contributed by atoms with Crippen LogP contribution in [0.25, 0.3) is 38.4 Å². The minimum atomic E-state index is -1.48. The Morgan fingerprint density at radius 1 is 0.630 bits per heavy atom. The summed E-state index contributed by atoms with van der Waals surface area (Å²) in [4.78, 5) is 5.01. The first kappa shape index (κ1) is 16.3. The van der Waals surface area contributed by atoms with E-state index >= 15 is 0 Å². The molecule has 27 heavy (non-hydrogen) atoms. The first-order chi connectivity index (χ1) is 13.1. The average Bonchev–Trinajstić information content (AvgIpc) is 3.01. The molecule has 0 N–H and O–H groups in total. The minimum Gasteiger partial charge on any atom is -0.293 e. The summed E-state index contributed by atoms with van der Waals surface area (Å²) in [5, 5.41) is 6.52. The molecule has 5 aromatic rings. The third kappa shape index (κ3) is 2.42. The number of rotatable bonds is 2. The molecule has 0 spiro atoms. The van der Waals surface area contributed by atoms with Crippen molar-refractivity contribution >= 4 is 45.8 Å². The third-order valence-electron chi connectivity index (χ3n) is 5.37. The van der Waals surface area contributed by atoms with E-state index in [2.05, 4.69) is 103 Å². The van der Waals surface area contributed by atoms with Crippen LogP contribution in [0, 0.1) is 0 Å². The van der Waals surface area contributed by atoms with Crippen LogP contribution in [0.2, 0.25) is 19.6 Å². The SMILES string of the molecule is C[Si](C)(C)c1cnc(-n2c3ccccc3c3ccccc32)c2ccccc12. The van der Waals surface area contributed by atoms with E-state index in [-0.39, 0.29) is 0 Å². The quantitative estimate of drug-likeness (QED) is 0.357. The van der Waals surface area contributed by atoms with Crippen molar-refractivity contribution < 1.29 is 0 Å². The number of pyridine rings is 1. The number of nitrogens with zero attached hydrogens (tertiary/aromatic N) is 2. The highest BCUT2D eigenvalue weighted by Crippen LogP contribution is 2.33. The van der Waals surface area contributed by atoms with Crippen molar-refractivity contribution in [3.05, 3.63) is 79.0 Å². The molecular formula is C24H22N2Si. The van der Waals surface area contributed by atoms with E-state index in [1.807, 2.05) is 0 Å². The Morgan fingerprint density at radius 3 is 1.67 bits per heavy atom. The van der Waals surface area contributed by atoms with Crippen molar-refractivity contribution in [2.45, 2.75) is 19.6 Å². The summed E-state index contributed by atoms with van der Waals surface area (Å²) in [7, 11) is -1.48. The van der Waals surface area contributed by atoms with Crippen LogP contribution in [0.1, 0.15) is 0 Å². The third-order valence-corrected chi connectivity index (χ3v) is 7.39. The largest absolute Gasteiger partial charge is 0.293 e. The first-order valence-electron chi connectivity index (χ1n) is 9.42. The number of para-hydroxylation sites is 2. The lowest BCUT2D eigenvalue weighted by Crippen LogP contribution is -2.38. The van der Waals surface area contributed by atoms with Crippen LogP contribution in [0.5, 0.6) is 0 Å². The highest BCUT2D eigenvalue weighted by Gasteiger charge is 2.22. The maximum absolute atomic E-state index is 5.01. The monoisotopic (exact) mass is 366 g/mol. The Labute approximate surface area is 160 Å². The Hall–Kier alpha value is -2.91. The zero-order chi connectivity index (χ0) is 18.6. The molecular weight excluding hydrogens is 344 g/mol. The van der Waals surface area contributed by atoms with Gasteiger partial charge in [-0.1, -0.05) is 80.3 Å². The summed E-state index contributed by atoms with van der Waals surface area (Å²) < 4.78 is 2.32. The highest BCUT2D eigenvalue weighted by atomic mass is 28.3. The summed E-state index contributed by atoms with van der Waals surface area (Å²) in [6, 6.07) is 25.9. The number of benzene rings is 3. The number of hydrogen-bond donors (Lipinski definition) is 0. The molecule has 0 radical (unpaired) electrons. The topological polar surface area (TPSA) is 17.8 Å². The van der Waals surface area contributed by atoms with Crippen molar-refractivity contribution in [2.75, 3.05) is 0 Å². The molecule has 0 aliphatic carbocycles. The number of aromatic nitrogens is 2. The molecule has 0 aliphatic heterocycles. The first-order valence-corrected chi connectivity index (χ1v) is 12.9. The van der Waals surface area contributed by atoms with Crippen LogP contribution in [0.4, 0.5) is 0 Å². The zero-order valence-electron chi connectivity index (χ0n) is 15.9. The lowest BCUT2D eigenvalue weighted by Gasteiger charge is -2.20. The lowest BCUT2D eigenvalue weighted by molar-refractivity contribution is 1.10. The molecule has 0 aliphatic rings. The Kier molecular flexibility index (Phi) is 3.49. The molecule has 0 atom stereocenters. The van der Waals surface area contributed by atoms with Gasteiger partial charge in [0.1, 0.15) is 5.82 Å². The van der Waals surface area contributed by atoms with Crippen LogP contribution in [-0.2, 0) is 0 Å². The van der Waals surface area contributed by atoms with E-state index in [4.69, 9.17) is 4.98 Å². The van der Waals surface area contributed by atoms with Gasteiger partial charge in [0.25, 0.3) is 0 Å². The van der Waals surface area contributed by atoms with E-state index < -0.39 is 8.07 Å². The molecule has 0 unspecified atom stereocenters. The van der Waals surface area contributed by atoms with E-state index in [1.54, 1.807) is 0 Å². The highest BCUT2D eigenvalue weighted by molar-refractivity contribution is 6.90. The Balaban J connectivity index is 1.96. The normalized spacial score (nSPS) is 12.3. The molecule has 5 rings (SSSR count). The molecule has 0 saturated carbocycles. The fraction of sp³-hybridized carbons (Fsp3) is 0.125. The second-order valence-corrected chi connectivity index (χ2v) is 13.2. The van der Waals surface area contributed by atoms with E-state index in [9.17, 15) is 0 Å².